The quantitative estimate of drug-likeness (QED) is 0.545. The fourth-order valence-corrected chi connectivity index (χ4v) is 1.61. The minimum atomic E-state index is -0.880. The van der Waals surface area contributed by atoms with Crippen LogP contribution in [0.4, 0.5) is 0 Å². The minimum absolute atomic E-state index is 0.459. The van der Waals surface area contributed by atoms with E-state index < -0.39 is 10.0 Å². The summed E-state index contributed by atoms with van der Waals surface area (Å²) in [5.74, 6) is 3.02. The number of rotatable bonds is 1. The maximum atomic E-state index is 10.8. The minimum Gasteiger partial charge on any atom is -0.298 e. The van der Waals surface area contributed by atoms with Crippen LogP contribution in [0.3, 0.4) is 0 Å². The molecule has 0 radical (unpaired) electrons. The first kappa shape index (κ1) is 12.2. The van der Waals surface area contributed by atoms with E-state index >= 15 is 0 Å². The lowest BCUT2D eigenvalue weighted by Gasteiger charge is -2.15. The SMILES string of the molecule is CS(C)(C)C#Cc1cccc(Cl)c1C=O. The summed E-state index contributed by atoms with van der Waals surface area (Å²) >= 11 is 5.89. The molecule has 3 heteroatoms. The Bertz CT molecular complexity index is 435. The number of benzene rings is 1. The van der Waals surface area contributed by atoms with Gasteiger partial charge in [-0.15, -0.1) is 0 Å². The van der Waals surface area contributed by atoms with Crippen molar-refractivity contribution in [1.29, 1.82) is 0 Å². The monoisotopic (exact) mass is 240 g/mol. The second-order valence-electron chi connectivity index (χ2n) is 3.88. The summed E-state index contributed by atoms with van der Waals surface area (Å²) in [6, 6.07) is 5.31. The van der Waals surface area contributed by atoms with E-state index in [-0.39, 0.29) is 0 Å². The first-order chi connectivity index (χ1) is 6.94. The molecule has 0 unspecified atom stereocenters. The first-order valence-corrected chi connectivity index (χ1v) is 7.62. The maximum absolute atomic E-state index is 10.8. The third-order valence-electron chi connectivity index (χ3n) is 1.66. The number of hydrogen-bond donors (Lipinski definition) is 0. The molecule has 15 heavy (non-hydrogen) atoms. The molecule has 0 atom stereocenters. The molecule has 0 spiro atoms. The highest BCUT2D eigenvalue weighted by Crippen LogP contribution is 2.32. The summed E-state index contributed by atoms with van der Waals surface area (Å²) < 4.78 is 0. The van der Waals surface area contributed by atoms with Gasteiger partial charge in [0.25, 0.3) is 0 Å². The molecular formula is C12H13ClOS. The molecule has 0 amide bonds. The van der Waals surface area contributed by atoms with E-state index in [0.717, 1.165) is 6.29 Å². The topological polar surface area (TPSA) is 17.1 Å². The van der Waals surface area contributed by atoms with Crippen LogP contribution in [0.15, 0.2) is 18.2 Å². The first-order valence-electron chi connectivity index (χ1n) is 4.39. The molecule has 0 heterocycles. The average Bonchev–Trinajstić information content (AvgIpc) is 2.13. The van der Waals surface area contributed by atoms with Gasteiger partial charge in [0.15, 0.2) is 6.29 Å². The molecule has 1 nitrogen and oxygen atoms in total. The lowest BCUT2D eigenvalue weighted by atomic mass is 10.1. The summed E-state index contributed by atoms with van der Waals surface area (Å²) in [5.41, 5.74) is 1.19. The molecule has 0 saturated heterocycles. The summed E-state index contributed by atoms with van der Waals surface area (Å²) in [7, 11) is -0.880. The predicted octanol–water partition coefficient (Wildman–Crippen LogP) is 3.16. The Balaban J connectivity index is 3.19. The van der Waals surface area contributed by atoms with Gasteiger partial charge >= 0.3 is 0 Å². The Morgan fingerprint density at radius 1 is 1.33 bits per heavy atom. The van der Waals surface area contributed by atoms with Crippen LogP contribution in [-0.2, 0) is 0 Å². The second kappa shape index (κ2) is 4.74. The lowest BCUT2D eigenvalue weighted by Crippen LogP contribution is -1.90. The summed E-state index contributed by atoms with van der Waals surface area (Å²) in [6.45, 7) is 0. The number of carbonyl (C=O) groups is 1. The Morgan fingerprint density at radius 3 is 2.53 bits per heavy atom. The largest absolute Gasteiger partial charge is 0.298 e. The van der Waals surface area contributed by atoms with Gasteiger partial charge in [-0.2, -0.15) is 10.0 Å². The third-order valence-corrected chi connectivity index (χ3v) is 2.71. The molecule has 0 bridgehead atoms. The van der Waals surface area contributed by atoms with Gasteiger partial charge in [-0.3, -0.25) is 4.79 Å². The van der Waals surface area contributed by atoms with Gasteiger partial charge in [0.1, 0.15) is 0 Å². The molecule has 0 aromatic heterocycles. The zero-order chi connectivity index (χ0) is 11.5. The van der Waals surface area contributed by atoms with Gasteiger partial charge in [-0.1, -0.05) is 23.6 Å². The average molecular weight is 241 g/mol. The highest BCUT2D eigenvalue weighted by molar-refractivity contribution is 8.35. The van der Waals surface area contributed by atoms with Gasteiger partial charge in [-0.05, 0) is 36.2 Å². The number of halogens is 1. The van der Waals surface area contributed by atoms with Crippen LogP contribution < -0.4 is 0 Å². The zero-order valence-electron chi connectivity index (χ0n) is 9.00. The van der Waals surface area contributed by atoms with E-state index in [4.69, 9.17) is 11.6 Å². The molecule has 0 aliphatic rings. The maximum Gasteiger partial charge on any atom is 0.152 e. The Hall–Kier alpha value is -0.910. The number of aldehydes is 1. The Kier molecular flexibility index (Phi) is 3.84. The van der Waals surface area contributed by atoms with Crippen molar-refractivity contribution in [3.63, 3.8) is 0 Å². The molecule has 0 fully saturated rings. The summed E-state index contributed by atoms with van der Waals surface area (Å²) in [5, 5.41) is 3.61. The molecule has 80 valence electrons. The van der Waals surface area contributed by atoms with E-state index in [1.165, 1.54) is 0 Å². The van der Waals surface area contributed by atoms with Gasteiger partial charge < -0.3 is 0 Å². The van der Waals surface area contributed by atoms with Crippen molar-refractivity contribution >= 4 is 27.9 Å². The molecule has 1 aromatic carbocycles. The highest BCUT2D eigenvalue weighted by Gasteiger charge is 2.04. The van der Waals surface area contributed by atoms with Gasteiger partial charge in [0, 0.05) is 11.1 Å². The van der Waals surface area contributed by atoms with Crippen LogP contribution in [0.25, 0.3) is 0 Å². The van der Waals surface area contributed by atoms with Crippen LogP contribution in [0, 0.1) is 11.2 Å². The molecule has 0 aliphatic heterocycles. The van der Waals surface area contributed by atoms with Crippen LogP contribution >= 0.6 is 21.6 Å². The van der Waals surface area contributed by atoms with Crippen LogP contribution in [0.1, 0.15) is 15.9 Å². The predicted molar refractivity (Wildman–Crippen MR) is 69.1 cm³/mol. The molecule has 1 aromatic rings. The van der Waals surface area contributed by atoms with Crippen molar-refractivity contribution in [3.05, 3.63) is 34.3 Å². The fraction of sp³-hybridized carbons (Fsp3) is 0.250. The van der Waals surface area contributed by atoms with Gasteiger partial charge in [0.2, 0.25) is 0 Å². The van der Waals surface area contributed by atoms with Crippen LogP contribution in [0.2, 0.25) is 5.02 Å². The molecule has 0 saturated carbocycles. The van der Waals surface area contributed by atoms with Crippen molar-refractivity contribution in [2.45, 2.75) is 0 Å². The van der Waals surface area contributed by atoms with E-state index in [1.807, 2.05) is 6.07 Å². The molecular weight excluding hydrogens is 228 g/mol. The normalized spacial score (nSPS) is 11.5. The van der Waals surface area contributed by atoms with E-state index in [1.54, 1.807) is 12.1 Å². The fourth-order valence-electron chi connectivity index (χ4n) is 0.974. The van der Waals surface area contributed by atoms with Crippen molar-refractivity contribution < 1.29 is 4.79 Å². The van der Waals surface area contributed by atoms with E-state index in [0.29, 0.717) is 16.1 Å². The third kappa shape index (κ3) is 3.62. The van der Waals surface area contributed by atoms with Crippen molar-refractivity contribution in [1.82, 2.24) is 0 Å². The zero-order valence-corrected chi connectivity index (χ0v) is 10.6. The summed E-state index contributed by atoms with van der Waals surface area (Å²) in [6.07, 6.45) is 7.06. The van der Waals surface area contributed by atoms with Crippen molar-refractivity contribution in [2.24, 2.45) is 0 Å². The Labute approximate surface area is 97.1 Å². The number of hydrogen-bond acceptors (Lipinski definition) is 1. The van der Waals surface area contributed by atoms with Crippen molar-refractivity contribution in [3.8, 4) is 11.2 Å². The van der Waals surface area contributed by atoms with Gasteiger partial charge in [-0.25, -0.2) is 0 Å². The molecule has 1 rings (SSSR count). The Morgan fingerprint density at radius 2 is 2.00 bits per heavy atom. The summed E-state index contributed by atoms with van der Waals surface area (Å²) in [4.78, 5) is 10.8. The van der Waals surface area contributed by atoms with Crippen LogP contribution in [0.5, 0.6) is 0 Å². The number of carbonyl (C=O) groups excluding carboxylic acids is 1. The second-order valence-corrected chi connectivity index (χ2v) is 8.17. The van der Waals surface area contributed by atoms with Crippen molar-refractivity contribution in [2.75, 3.05) is 18.8 Å². The molecule has 0 aliphatic carbocycles. The standard InChI is InChI=1S/C12H13ClOS/c1-15(2,3)8-7-10-5-4-6-12(13)11(10)9-14/h4-6,9H,1-3H3. The van der Waals surface area contributed by atoms with Crippen LogP contribution in [-0.4, -0.2) is 25.1 Å². The highest BCUT2D eigenvalue weighted by atomic mass is 35.5. The van der Waals surface area contributed by atoms with Gasteiger partial charge in [0.05, 0.1) is 5.02 Å². The van der Waals surface area contributed by atoms with E-state index in [9.17, 15) is 4.79 Å². The molecule has 0 N–H and O–H groups in total. The smallest absolute Gasteiger partial charge is 0.152 e. The van der Waals surface area contributed by atoms with E-state index in [2.05, 4.69) is 29.9 Å². The lowest BCUT2D eigenvalue weighted by molar-refractivity contribution is 0.112.